The Morgan fingerprint density at radius 1 is 1.00 bits per heavy atom. The van der Waals surface area contributed by atoms with Crippen LogP contribution in [0.1, 0.15) is 25.3 Å². The van der Waals surface area contributed by atoms with Gasteiger partial charge in [-0.3, -0.25) is 4.79 Å². The number of fused-ring (bicyclic) bond motifs is 1. The van der Waals surface area contributed by atoms with Crippen LogP contribution in [0.5, 0.6) is 11.6 Å². The Balaban J connectivity index is 1.26. The van der Waals surface area contributed by atoms with Gasteiger partial charge >= 0.3 is 0 Å². The molecule has 8 nitrogen and oxygen atoms in total. The number of rotatable bonds is 9. The first kappa shape index (κ1) is 22.2. The van der Waals surface area contributed by atoms with Gasteiger partial charge in [-0.1, -0.05) is 26.0 Å². The van der Waals surface area contributed by atoms with E-state index in [0.717, 1.165) is 0 Å². The van der Waals surface area contributed by atoms with Gasteiger partial charge in [0.15, 0.2) is 18.1 Å². The van der Waals surface area contributed by atoms with E-state index in [4.69, 9.17) is 9.47 Å². The van der Waals surface area contributed by atoms with Crippen molar-refractivity contribution in [1.82, 2.24) is 25.1 Å². The normalized spacial score (nSPS) is 11.0. The Hall–Kier alpha value is -4.01. The van der Waals surface area contributed by atoms with Gasteiger partial charge in [0.1, 0.15) is 18.2 Å². The van der Waals surface area contributed by atoms with Gasteiger partial charge in [-0.05, 0) is 53.9 Å². The summed E-state index contributed by atoms with van der Waals surface area (Å²) in [5.41, 5.74) is 2.43. The largest absolute Gasteiger partial charge is 0.484 e. The van der Waals surface area contributed by atoms with Crippen molar-refractivity contribution in [2.75, 3.05) is 19.8 Å². The molecule has 0 aliphatic carbocycles. The first-order valence-corrected chi connectivity index (χ1v) is 10.6. The van der Waals surface area contributed by atoms with Crippen LogP contribution >= 0.6 is 0 Å². The molecule has 0 aliphatic heterocycles. The summed E-state index contributed by atoms with van der Waals surface area (Å²) in [5, 5.41) is 15.3. The second kappa shape index (κ2) is 10.1. The molecule has 0 saturated carbocycles. The fraction of sp³-hybridized carbons (Fsp3) is 0.250. The lowest BCUT2D eigenvalue weighted by Gasteiger charge is -2.10. The Morgan fingerprint density at radius 3 is 2.48 bits per heavy atom. The van der Waals surface area contributed by atoms with Gasteiger partial charge in [0, 0.05) is 11.6 Å². The quantitative estimate of drug-likeness (QED) is 0.393. The minimum Gasteiger partial charge on any atom is -0.484 e. The van der Waals surface area contributed by atoms with Crippen LogP contribution in [0, 0.1) is 5.82 Å². The van der Waals surface area contributed by atoms with Gasteiger partial charge in [-0.25, -0.2) is 4.39 Å². The lowest BCUT2D eigenvalue weighted by Crippen LogP contribution is -2.32. The van der Waals surface area contributed by atoms with Crippen LogP contribution in [0.4, 0.5) is 4.39 Å². The molecule has 0 aliphatic rings. The van der Waals surface area contributed by atoms with Gasteiger partial charge in [-0.15, -0.1) is 15.3 Å². The van der Waals surface area contributed by atoms with Crippen molar-refractivity contribution in [3.63, 3.8) is 0 Å². The molecule has 2 aromatic carbocycles. The molecule has 0 fully saturated rings. The third-order valence-electron chi connectivity index (χ3n) is 4.93. The Labute approximate surface area is 190 Å². The zero-order chi connectivity index (χ0) is 23.2. The third kappa shape index (κ3) is 5.62. The number of halogens is 1. The van der Waals surface area contributed by atoms with Crippen LogP contribution in [0.25, 0.3) is 17.0 Å². The van der Waals surface area contributed by atoms with Gasteiger partial charge in [-0.2, -0.15) is 4.52 Å². The lowest BCUT2D eigenvalue weighted by molar-refractivity contribution is -0.123. The zero-order valence-corrected chi connectivity index (χ0v) is 18.4. The van der Waals surface area contributed by atoms with E-state index in [2.05, 4.69) is 34.5 Å². The summed E-state index contributed by atoms with van der Waals surface area (Å²) in [6.45, 7) is 4.68. The van der Waals surface area contributed by atoms with E-state index in [1.54, 1.807) is 24.3 Å². The highest BCUT2D eigenvalue weighted by molar-refractivity contribution is 5.77. The summed E-state index contributed by atoms with van der Waals surface area (Å²) in [7, 11) is 0. The van der Waals surface area contributed by atoms with E-state index < -0.39 is 0 Å². The number of carbonyl (C=O) groups is 1. The van der Waals surface area contributed by atoms with Gasteiger partial charge in [0.25, 0.3) is 5.91 Å². The number of aromatic nitrogens is 4. The van der Waals surface area contributed by atoms with Gasteiger partial charge < -0.3 is 14.8 Å². The number of hydrogen-bond acceptors (Lipinski definition) is 6. The summed E-state index contributed by atoms with van der Waals surface area (Å²) in [5.74, 6) is 1.34. The molecule has 4 aromatic rings. The van der Waals surface area contributed by atoms with E-state index in [1.807, 2.05) is 24.3 Å². The van der Waals surface area contributed by atoms with Crippen molar-refractivity contribution in [2.45, 2.75) is 19.8 Å². The fourth-order valence-corrected chi connectivity index (χ4v) is 3.12. The van der Waals surface area contributed by atoms with Crippen LogP contribution in [-0.4, -0.2) is 45.5 Å². The minimum absolute atomic E-state index is 0.0764. The molecule has 9 heteroatoms. The molecule has 1 N–H and O–H groups in total. The smallest absolute Gasteiger partial charge is 0.258 e. The Bertz CT molecular complexity index is 1220. The monoisotopic (exact) mass is 449 g/mol. The van der Waals surface area contributed by atoms with Gasteiger partial charge in [0.2, 0.25) is 5.88 Å². The zero-order valence-electron chi connectivity index (χ0n) is 18.4. The number of nitrogens with zero attached hydrogens (tertiary/aromatic N) is 4. The Kier molecular flexibility index (Phi) is 6.77. The second-order valence-corrected chi connectivity index (χ2v) is 7.68. The molecule has 4 rings (SSSR count). The summed E-state index contributed by atoms with van der Waals surface area (Å²) in [6.07, 6.45) is 0. The maximum absolute atomic E-state index is 13.2. The summed E-state index contributed by atoms with van der Waals surface area (Å²) < 4.78 is 25.9. The Morgan fingerprint density at radius 2 is 1.76 bits per heavy atom. The average Bonchev–Trinajstić information content (AvgIpc) is 3.24. The summed E-state index contributed by atoms with van der Waals surface area (Å²) in [4.78, 5) is 12.0. The molecule has 170 valence electrons. The molecule has 0 radical (unpaired) electrons. The molecule has 0 atom stereocenters. The highest BCUT2D eigenvalue weighted by Crippen LogP contribution is 2.20. The molecular formula is C24H24FN5O3. The predicted octanol–water partition coefficient (Wildman–Crippen LogP) is 3.63. The third-order valence-corrected chi connectivity index (χ3v) is 4.93. The van der Waals surface area contributed by atoms with Crippen molar-refractivity contribution < 1.29 is 18.7 Å². The fourth-order valence-electron chi connectivity index (χ4n) is 3.12. The summed E-state index contributed by atoms with van der Waals surface area (Å²) >= 11 is 0. The van der Waals surface area contributed by atoms with Crippen molar-refractivity contribution in [1.29, 1.82) is 0 Å². The van der Waals surface area contributed by atoms with Crippen LogP contribution < -0.4 is 14.8 Å². The molecule has 0 bridgehead atoms. The maximum Gasteiger partial charge on any atom is 0.258 e. The first-order chi connectivity index (χ1) is 16.0. The highest BCUT2D eigenvalue weighted by atomic mass is 19.1. The number of carbonyl (C=O) groups excluding carboxylic acids is 1. The SMILES string of the molecule is CC(C)c1ccc(OCC(=O)NCCOc2ccc3nnc(-c4ccc(F)cc4)n3n2)cc1. The number of amides is 1. The first-order valence-electron chi connectivity index (χ1n) is 10.6. The second-order valence-electron chi connectivity index (χ2n) is 7.68. The van der Waals surface area contributed by atoms with Crippen LogP contribution in [0.15, 0.2) is 60.7 Å². The van der Waals surface area contributed by atoms with E-state index >= 15 is 0 Å². The molecular weight excluding hydrogens is 425 g/mol. The maximum atomic E-state index is 13.2. The van der Waals surface area contributed by atoms with E-state index in [0.29, 0.717) is 41.1 Å². The summed E-state index contributed by atoms with van der Waals surface area (Å²) in [6, 6.07) is 17.0. The number of nitrogens with one attached hydrogen (secondary N) is 1. The number of ether oxygens (including phenoxy) is 2. The van der Waals surface area contributed by atoms with E-state index in [1.165, 1.54) is 22.2 Å². The predicted molar refractivity (Wildman–Crippen MR) is 121 cm³/mol. The topological polar surface area (TPSA) is 90.6 Å². The molecule has 0 spiro atoms. The highest BCUT2D eigenvalue weighted by Gasteiger charge is 2.11. The lowest BCUT2D eigenvalue weighted by atomic mass is 10.0. The molecule has 2 aromatic heterocycles. The molecule has 0 saturated heterocycles. The van der Waals surface area contributed by atoms with E-state index in [9.17, 15) is 9.18 Å². The van der Waals surface area contributed by atoms with Crippen molar-refractivity contribution in [3.05, 3.63) is 72.0 Å². The van der Waals surface area contributed by atoms with Gasteiger partial charge in [0.05, 0.1) is 6.54 Å². The molecule has 1 amide bonds. The molecule has 33 heavy (non-hydrogen) atoms. The number of benzene rings is 2. The minimum atomic E-state index is -0.332. The van der Waals surface area contributed by atoms with Crippen LogP contribution in [0.2, 0.25) is 0 Å². The average molecular weight is 449 g/mol. The van der Waals surface area contributed by atoms with E-state index in [-0.39, 0.29) is 24.9 Å². The van der Waals surface area contributed by atoms with Crippen molar-refractivity contribution >= 4 is 11.6 Å². The van der Waals surface area contributed by atoms with Crippen LogP contribution in [-0.2, 0) is 4.79 Å². The standard InChI is InChI=1S/C24H24FN5O3/c1-16(2)17-5-9-20(10-6-17)33-15-22(31)26-13-14-32-23-12-11-21-27-28-24(30(21)29-23)18-3-7-19(25)8-4-18/h3-12,16H,13-15H2,1-2H3,(H,26,31). The number of hydrogen-bond donors (Lipinski definition) is 1. The van der Waals surface area contributed by atoms with Crippen molar-refractivity contribution in [3.8, 4) is 23.0 Å². The molecule has 0 unspecified atom stereocenters. The molecule has 2 heterocycles. The van der Waals surface area contributed by atoms with Crippen molar-refractivity contribution in [2.24, 2.45) is 0 Å². The van der Waals surface area contributed by atoms with Crippen LogP contribution in [0.3, 0.4) is 0 Å².